The average Bonchev–Trinajstić information content (AvgIpc) is 2.51. The van der Waals surface area contributed by atoms with Crippen LogP contribution in [0.1, 0.15) is 4.88 Å². The number of hydrogen-bond donors (Lipinski definition) is 0. The van der Waals surface area contributed by atoms with E-state index in [1.54, 1.807) is 12.1 Å². The van der Waals surface area contributed by atoms with Crippen LogP contribution in [0.3, 0.4) is 0 Å². The highest BCUT2D eigenvalue weighted by atomic mass is 32.1. The van der Waals surface area contributed by atoms with Crippen LogP contribution >= 0.6 is 11.3 Å². The van der Waals surface area contributed by atoms with E-state index < -0.39 is 0 Å². The van der Waals surface area contributed by atoms with Gasteiger partial charge >= 0.3 is 0 Å². The monoisotopic (exact) mass is 207 g/mol. The van der Waals surface area contributed by atoms with E-state index in [9.17, 15) is 4.39 Å². The van der Waals surface area contributed by atoms with Gasteiger partial charge in [0, 0.05) is 10.9 Å². The molecule has 0 aliphatic carbocycles. The van der Waals surface area contributed by atoms with Crippen LogP contribution in [0.2, 0.25) is 0 Å². The highest BCUT2D eigenvalue weighted by Crippen LogP contribution is 2.28. The van der Waals surface area contributed by atoms with Gasteiger partial charge in [0.15, 0.2) is 5.06 Å². The van der Waals surface area contributed by atoms with Crippen LogP contribution in [0, 0.1) is 12.7 Å². The summed E-state index contributed by atoms with van der Waals surface area (Å²) in [5, 5.41) is 0.723. The molecule has 2 rings (SSSR count). The second kappa shape index (κ2) is 3.80. The maximum absolute atomic E-state index is 12.8. The Morgan fingerprint density at radius 2 is 2.07 bits per heavy atom. The molecule has 0 saturated carbocycles. The fraction of sp³-hybridized carbons (Fsp3) is 0. The van der Waals surface area contributed by atoms with E-state index in [0.29, 0.717) is 5.75 Å². The van der Waals surface area contributed by atoms with Crippen LogP contribution in [0.5, 0.6) is 10.8 Å². The van der Waals surface area contributed by atoms with Crippen molar-refractivity contribution in [2.45, 2.75) is 0 Å². The Kier molecular flexibility index (Phi) is 2.50. The molecular weight excluding hydrogens is 199 g/mol. The molecule has 0 N–H and O–H groups in total. The Balaban J connectivity index is 2.18. The zero-order valence-corrected chi connectivity index (χ0v) is 8.18. The van der Waals surface area contributed by atoms with Gasteiger partial charge < -0.3 is 4.74 Å². The summed E-state index contributed by atoms with van der Waals surface area (Å²) in [6, 6.07) is 9.74. The lowest BCUT2D eigenvalue weighted by Gasteiger charge is -2.01. The summed E-state index contributed by atoms with van der Waals surface area (Å²) in [6.45, 7) is 3.76. The third-order valence-electron chi connectivity index (χ3n) is 1.65. The zero-order valence-electron chi connectivity index (χ0n) is 7.37. The lowest BCUT2D eigenvalue weighted by molar-refractivity contribution is 0.490. The van der Waals surface area contributed by atoms with E-state index in [-0.39, 0.29) is 5.82 Å². The third-order valence-corrected chi connectivity index (χ3v) is 2.47. The summed E-state index contributed by atoms with van der Waals surface area (Å²) < 4.78 is 18.2. The van der Waals surface area contributed by atoms with Gasteiger partial charge in [-0.1, -0.05) is 6.07 Å². The average molecular weight is 207 g/mol. The minimum absolute atomic E-state index is 0.297. The molecule has 0 bridgehead atoms. The van der Waals surface area contributed by atoms with Crippen molar-refractivity contribution in [3.8, 4) is 10.8 Å². The molecule has 0 fully saturated rings. The van der Waals surface area contributed by atoms with E-state index in [4.69, 9.17) is 4.74 Å². The molecule has 2 aromatic rings. The fourth-order valence-corrected chi connectivity index (χ4v) is 1.73. The maximum atomic E-state index is 12.8. The van der Waals surface area contributed by atoms with Crippen LogP contribution in [-0.4, -0.2) is 0 Å². The van der Waals surface area contributed by atoms with Crippen LogP contribution in [-0.2, 0) is 0 Å². The first-order valence-corrected chi connectivity index (χ1v) is 4.91. The predicted molar refractivity (Wildman–Crippen MR) is 55.3 cm³/mol. The quantitative estimate of drug-likeness (QED) is 0.726. The van der Waals surface area contributed by atoms with Crippen LogP contribution in [0.25, 0.3) is 0 Å². The lowest BCUT2D eigenvalue weighted by Crippen LogP contribution is -1.81. The van der Waals surface area contributed by atoms with Crippen LogP contribution in [0.15, 0.2) is 36.4 Å². The van der Waals surface area contributed by atoms with Gasteiger partial charge in [-0.3, -0.25) is 0 Å². The Bertz CT molecular complexity index is 436. The molecule has 1 nitrogen and oxygen atoms in total. The molecular formula is C11H8FOS. The normalized spacial score (nSPS) is 10.1. The van der Waals surface area contributed by atoms with E-state index in [1.807, 2.05) is 12.1 Å². The molecule has 0 amide bonds. The third kappa shape index (κ3) is 2.12. The number of benzene rings is 1. The summed E-state index contributed by atoms with van der Waals surface area (Å²) in [4.78, 5) is 0.927. The molecule has 71 valence electrons. The van der Waals surface area contributed by atoms with Crippen molar-refractivity contribution in [3.63, 3.8) is 0 Å². The first-order chi connectivity index (χ1) is 6.74. The molecule has 14 heavy (non-hydrogen) atoms. The Labute approximate surface area is 85.8 Å². The van der Waals surface area contributed by atoms with Gasteiger partial charge in [-0.2, -0.15) is 0 Å². The van der Waals surface area contributed by atoms with Crippen molar-refractivity contribution in [3.05, 3.63) is 54.0 Å². The largest absolute Gasteiger partial charge is 0.447 e. The van der Waals surface area contributed by atoms with Gasteiger partial charge in [0.2, 0.25) is 0 Å². The summed E-state index contributed by atoms with van der Waals surface area (Å²) in [6.07, 6.45) is 0. The van der Waals surface area contributed by atoms with Gasteiger partial charge in [0.25, 0.3) is 0 Å². The molecule has 1 aromatic heterocycles. The number of thiophene rings is 1. The summed E-state index contributed by atoms with van der Waals surface area (Å²) >= 11 is 1.43. The Morgan fingerprint density at radius 3 is 2.71 bits per heavy atom. The number of halogens is 1. The van der Waals surface area contributed by atoms with Crippen LogP contribution < -0.4 is 4.74 Å². The minimum Gasteiger partial charge on any atom is -0.447 e. The molecule has 1 heterocycles. The fourth-order valence-electron chi connectivity index (χ4n) is 1.06. The highest BCUT2D eigenvalue weighted by molar-refractivity contribution is 7.14. The van der Waals surface area contributed by atoms with Gasteiger partial charge in [-0.15, -0.1) is 11.3 Å². The highest BCUT2D eigenvalue weighted by Gasteiger charge is 2.00. The number of rotatable bonds is 2. The van der Waals surface area contributed by atoms with Gasteiger partial charge in [0.1, 0.15) is 11.6 Å². The molecule has 0 spiro atoms. The van der Waals surface area contributed by atoms with Gasteiger partial charge in [-0.05, 0) is 31.2 Å². The number of hydrogen-bond acceptors (Lipinski definition) is 2. The standard InChI is InChI=1S/C11H8FOS/c1-8-5-6-11(14-8)13-10-4-2-3-9(12)7-10/h2-7H,1H2. The van der Waals surface area contributed by atoms with E-state index in [1.165, 1.54) is 23.5 Å². The summed E-state index contributed by atoms with van der Waals surface area (Å²) in [7, 11) is 0. The minimum atomic E-state index is -0.297. The molecule has 1 radical (unpaired) electrons. The SMILES string of the molecule is [CH2]c1ccc(Oc2cccc(F)c2)s1. The zero-order chi connectivity index (χ0) is 9.97. The lowest BCUT2D eigenvalue weighted by atomic mass is 10.3. The van der Waals surface area contributed by atoms with Gasteiger partial charge in [0.05, 0.1) is 0 Å². The predicted octanol–water partition coefficient (Wildman–Crippen LogP) is 3.86. The topological polar surface area (TPSA) is 9.23 Å². The maximum Gasteiger partial charge on any atom is 0.181 e. The second-order valence-electron chi connectivity index (χ2n) is 2.78. The summed E-state index contributed by atoms with van der Waals surface area (Å²) in [5.74, 6) is 0.209. The van der Waals surface area contributed by atoms with Gasteiger partial charge in [-0.25, -0.2) is 4.39 Å². The molecule has 0 unspecified atom stereocenters. The molecule has 0 aliphatic rings. The molecule has 1 aromatic carbocycles. The Morgan fingerprint density at radius 1 is 1.21 bits per heavy atom. The molecule has 0 saturated heterocycles. The van der Waals surface area contributed by atoms with Crippen molar-refractivity contribution in [2.24, 2.45) is 0 Å². The van der Waals surface area contributed by atoms with Crippen molar-refractivity contribution < 1.29 is 9.13 Å². The smallest absolute Gasteiger partial charge is 0.181 e. The summed E-state index contributed by atoms with van der Waals surface area (Å²) in [5.41, 5.74) is 0. The molecule has 0 aliphatic heterocycles. The molecule has 3 heteroatoms. The first-order valence-electron chi connectivity index (χ1n) is 4.09. The van der Waals surface area contributed by atoms with Crippen molar-refractivity contribution >= 4 is 11.3 Å². The van der Waals surface area contributed by atoms with E-state index in [0.717, 1.165) is 9.94 Å². The first kappa shape index (κ1) is 9.21. The Hall–Kier alpha value is -1.35. The molecule has 0 atom stereocenters. The van der Waals surface area contributed by atoms with E-state index >= 15 is 0 Å². The number of ether oxygens (including phenoxy) is 1. The van der Waals surface area contributed by atoms with Crippen molar-refractivity contribution in [2.75, 3.05) is 0 Å². The second-order valence-corrected chi connectivity index (χ2v) is 3.91. The van der Waals surface area contributed by atoms with E-state index in [2.05, 4.69) is 6.92 Å². The van der Waals surface area contributed by atoms with Crippen molar-refractivity contribution in [1.82, 2.24) is 0 Å². The van der Waals surface area contributed by atoms with Crippen molar-refractivity contribution in [1.29, 1.82) is 0 Å². The van der Waals surface area contributed by atoms with Crippen LogP contribution in [0.4, 0.5) is 4.39 Å².